The SMILES string of the molecule is CC1(c2ccco2)OC(N)=C(O)C1=O. The zero-order valence-corrected chi connectivity index (χ0v) is 7.48. The Hall–Kier alpha value is -1.91. The molecule has 0 saturated heterocycles. The molecule has 14 heavy (non-hydrogen) atoms. The average Bonchev–Trinajstić information content (AvgIpc) is 2.73. The quantitative estimate of drug-likeness (QED) is 0.691. The summed E-state index contributed by atoms with van der Waals surface area (Å²) in [5.74, 6) is -1.10. The lowest BCUT2D eigenvalue weighted by molar-refractivity contribution is -0.133. The van der Waals surface area contributed by atoms with Crippen LogP contribution in [0, 0.1) is 0 Å². The largest absolute Gasteiger partial charge is 0.501 e. The van der Waals surface area contributed by atoms with E-state index < -0.39 is 17.1 Å². The molecule has 0 aromatic carbocycles. The maximum atomic E-state index is 11.6. The Morgan fingerprint density at radius 1 is 1.57 bits per heavy atom. The molecule has 1 aliphatic heterocycles. The summed E-state index contributed by atoms with van der Waals surface area (Å²) >= 11 is 0. The molecule has 1 aromatic heterocycles. The van der Waals surface area contributed by atoms with Gasteiger partial charge in [-0.1, -0.05) is 0 Å². The maximum Gasteiger partial charge on any atom is 0.253 e. The molecular formula is C9H9NO4. The van der Waals surface area contributed by atoms with Crippen LogP contribution in [0.4, 0.5) is 0 Å². The van der Waals surface area contributed by atoms with Crippen molar-refractivity contribution in [2.24, 2.45) is 5.73 Å². The summed E-state index contributed by atoms with van der Waals surface area (Å²) in [6.07, 6.45) is 1.42. The number of ketones is 1. The molecule has 0 aliphatic carbocycles. The van der Waals surface area contributed by atoms with Crippen LogP contribution < -0.4 is 5.73 Å². The summed E-state index contributed by atoms with van der Waals surface area (Å²) in [4.78, 5) is 11.6. The van der Waals surface area contributed by atoms with Crippen molar-refractivity contribution in [3.8, 4) is 0 Å². The molecule has 0 radical (unpaired) electrons. The molecule has 3 N–H and O–H groups in total. The number of hydrogen-bond donors (Lipinski definition) is 2. The fourth-order valence-corrected chi connectivity index (χ4v) is 1.36. The first kappa shape index (κ1) is 8.68. The number of carbonyl (C=O) groups is 1. The molecule has 2 heterocycles. The Labute approximate surface area is 79.8 Å². The van der Waals surface area contributed by atoms with Crippen LogP contribution in [-0.2, 0) is 15.1 Å². The number of furan rings is 1. The fourth-order valence-electron chi connectivity index (χ4n) is 1.36. The van der Waals surface area contributed by atoms with E-state index in [0.717, 1.165) is 0 Å². The zero-order valence-electron chi connectivity index (χ0n) is 7.48. The van der Waals surface area contributed by atoms with Gasteiger partial charge in [0.1, 0.15) is 0 Å². The van der Waals surface area contributed by atoms with Crippen molar-refractivity contribution in [3.05, 3.63) is 35.8 Å². The summed E-state index contributed by atoms with van der Waals surface area (Å²) in [6, 6.07) is 3.21. The van der Waals surface area contributed by atoms with Crippen LogP contribution in [0.5, 0.6) is 0 Å². The number of nitrogens with two attached hydrogens (primary N) is 1. The third kappa shape index (κ3) is 0.921. The molecule has 0 amide bonds. The maximum absolute atomic E-state index is 11.6. The van der Waals surface area contributed by atoms with Crippen molar-refractivity contribution in [2.45, 2.75) is 12.5 Å². The first-order valence-corrected chi connectivity index (χ1v) is 4.02. The van der Waals surface area contributed by atoms with Crippen molar-refractivity contribution in [1.29, 1.82) is 0 Å². The predicted molar refractivity (Wildman–Crippen MR) is 46.0 cm³/mol. The first-order valence-electron chi connectivity index (χ1n) is 4.02. The van der Waals surface area contributed by atoms with Crippen molar-refractivity contribution in [2.75, 3.05) is 0 Å². The summed E-state index contributed by atoms with van der Waals surface area (Å²) < 4.78 is 10.1. The minimum atomic E-state index is -1.34. The van der Waals surface area contributed by atoms with Crippen LogP contribution in [-0.4, -0.2) is 10.9 Å². The van der Waals surface area contributed by atoms with E-state index in [1.807, 2.05) is 0 Å². The lowest BCUT2D eigenvalue weighted by Gasteiger charge is -2.19. The predicted octanol–water partition coefficient (Wildman–Crippen LogP) is 0.780. The van der Waals surface area contributed by atoms with E-state index in [1.54, 1.807) is 12.1 Å². The molecule has 74 valence electrons. The average molecular weight is 195 g/mol. The third-order valence-electron chi connectivity index (χ3n) is 2.19. The first-order chi connectivity index (χ1) is 6.55. The van der Waals surface area contributed by atoms with E-state index in [1.165, 1.54) is 13.2 Å². The van der Waals surface area contributed by atoms with Crippen LogP contribution in [0.15, 0.2) is 34.5 Å². The van der Waals surface area contributed by atoms with Crippen LogP contribution in [0.3, 0.4) is 0 Å². The third-order valence-corrected chi connectivity index (χ3v) is 2.19. The number of Topliss-reactive ketones (excluding diaryl/α,β-unsaturated/α-hetero) is 1. The standard InChI is InChI=1S/C9H9NO4/c1-9(5-3-2-4-13-5)7(12)6(11)8(10)14-9/h2-4,11H,10H2,1H3. The molecule has 5 nitrogen and oxygen atoms in total. The lowest BCUT2D eigenvalue weighted by atomic mass is 9.98. The summed E-state index contributed by atoms with van der Waals surface area (Å²) in [5, 5.41) is 9.24. The van der Waals surface area contributed by atoms with Crippen LogP contribution >= 0.6 is 0 Å². The molecular weight excluding hydrogens is 186 g/mol. The number of aliphatic hydroxyl groups excluding tert-OH is 1. The topological polar surface area (TPSA) is 85.7 Å². The number of rotatable bonds is 1. The van der Waals surface area contributed by atoms with Crippen molar-refractivity contribution < 1.29 is 19.1 Å². The smallest absolute Gasteiger partial charge is 0.253 e. The van der Waals surface area contributed by atoms with E-state index in [4.69, 9.17) is 14.9 Å². The van der Waals surface area contributed by atoms with Gasteiger partial charge in [0.25, 0.3) is 5.78 Å². The second-order valence-corrected chi connectivity index (χ2v) is 3.15. The molecule has 1 atom stereocenters. The van der Waals surface area contributed by atoms with E-state index in [9.17, 15) is 9.90 Å². The molecule has 0 bridgehead atoms. The van der Waals surface area contributed by atoms with Crippen molar-refractivity contribution in [3.63, 3.8) is 0 Å². The van der Waals surface area contributed by atoms with Gasteiger partial charge in [0.05, 0.1) is 6.26 Å². The Balaban J connectivity index is 2.44. The fraction of sp³-hybridized carbons (Fsp3) is 0.222. The molecule has 0 spiro atoms. The summed E-state index contributed by atoms with van der Waals surface area (Å²) in [7, 11) is 0. The summed E-state index contributed by atoms with van der Waals surface area (Å²) in [6.45, 7) is 1.49. The number of carbonyl (C=O) groups excluding carboxylic acids is 1. The number of aliphatic hydroxyl groups is 1. The lowest BCUT2D eigenvalue weighted by Crippen LogP contribution is -2.30. The van der Waals surface area contributed by atoms with Gasteiger partial charge in [-0.2, -0.15) is 0 Å². The monoisotopic (exact) mass is 195 g/mol. The molecule has 1 aliphatic rings. The van der Waals surface area contributed by atoms with E-state index in [-0.39, 0.29) is 5.88 Å². The van der Waals surface area contributed by atoms with E-state index in [2.05, 4.69) is 0 Å². The second kappa shape index (κ2) is 2.54. The van der Waals surface area contributed by atoms with E-state index in [0.29, 0.717) is 5.76 Å². The number of hydrogen-bond acceptors (Lipinski definition) is 5. The van der Waals surface area contributed by atoms with Gasteiger partial charge in [-0.15, -0.1) is 0 Å². The highest BCUT2D eigenvalue weighted by Crippen LogP contribution is 2.35. The van der Waals surface area contributed by atoms with Gasteiger partial charge in [0, 0.05) is 0 Å². The highest BCUT2D eigenvalue weighted by Gasteiger charge is 2.49. The van der Waals surface area contributed by atoms with Gasteiger partial charge >= 0.3 is 0 Å². The van der Waals surface area contributed by atoms with Crippen LogP contribution in [0.25, 0.3) is 0 Å². The molecule has 0 fully saturated rings. The van der Waals surface area contributed by atoms with Gasteiger partial charge in [-0.25, -0.2) is 0 Å². The van der Waals surface area contributed by atoms with Gasteiger partial charge in [0.15, 0.2) is 5.76 Å². The highest BCUT2D eigenvalue weighted by atomic mass is 16.5. The Kier molecular flexibility index (Phi) is 1.57. The zero-order chi connectivity index (χ0) is 10.3. The Bertz CT molecular complexity index is 406. The number of ether oxygens (including phenoxy) is 1. The van der Waals surface area contributed by atoms with Crippen molar-refractivity contribution >= 4 is 5.78 Å². The van der Waals surface area contributed by atoms with Gasteiger partial charge in [-0.3, -0.25) is 4.79 Å². The Morgan fingerprint density at radius 3 is 2.71 bits per heavy atom. The molecule has 0 saturated carbocycles. The van der Waals surface area contributed by atoms with Gasteiger partial charge in [-0.05, 0) is 19.1 Å². The normalized spacial score (nSPS) is 26.8. The molecule has 1 aromatic rings. The van der Waals surface area contributed by atoms with Gasteiger partial charge < -0.3 is 20.0 Å². The Morgan fingerprint density at radius 2 is 2.29 bits per heavy atom. The second-order valence-electron chi connectivity index (χ2n) is 3.15. The van der Waals surface area contributed by atoms with Crippen LogP contribution in [0.2, 0.25) is 0 Å². The van der Waals surface area contributed by atoms with Gasteiger partial charge in [0.2, 0.25) is 17.2 Å². The van der Waals surface area contributed by atoms with Crippen molar-refractivity contribution in [1.82, 2.24) is 0 Å². The highest BCUT2D eigenvalue weighted by molar-refractivity contribution is 6.02. The molecule has 2 rings (SSSR count). The van der Waals surface area contributed by atoms with E-state index >= 15 is 0 Å². The minimum Gasteiger partial charge on any atom is -0.501 e. The molecule has 1 unspecified atom stereocenters. The van der Waals surface area contributed by atoms with Crippen LogP contribution in [0.1, 0.15) is 12.7 Å². The minimum absolute atomic E-state index is 0.270. The summed E-state index contributed by atoms with van der Waals surface area (Å²) in [5.41, 5.74) is 3.96. The molecule has 5 heteroatoms.